The molecule has 1 heterocycles. The fourth-order valence-corrected chi connectivity index (χ4v) is 0.853. The summed E-state index contributed by atoms with van der Waals surface area (Å²) in [5.41, 5.74) is 0.917. The Kier molecular flexibility index (Phi) is 7.84. The van der Waals surface area contributed by atoms with Crippen LogP contribution >= 0.6 is 7.92 Å². The number of hydrogen-bond donors (Lipinski definition) is 0. The van der Waals surface area contributed by atoms with Crippen molar-refractivity contribution in [3.05, 3.63) is 0 Å². The standard InChI is InChI=1S/C8H11NO4.C5H13P/c1-5(2)8(12)13-9-6(10)3-4-7(9)11;1-5(2)6(3)4/h5H,3-4H2,1-2H3;5H,1-4H3. The van der Waals surface area contributed by atoms with Crippen LogP contribution in [-0.4, -0.2) is 41.8 Å². The second kappa shape index (κ2) is 8.26. The normalized spacial score (nSPS) is 15.1. The van der Waals surface area contributed by atoms with Gasteiger partial charge in [-0.15, -0.1) is 13.0 Å². The molecule has 5 nitrogen and oxygen atoms in total. The summed E-state index contributed by atoms with van der Waals surface area (Å²) >= 11 is 0. The molecule has 6 heteroatoms. The van der Waals surface area contributed by atoms with Crippen LogP contribution in [0.1, 0.15) is 40.5 Å². The number of amides is 2. The predicted molar refractivity (Wildman–Crippen MR) is 75.9 cm³/mol. The Balaban J connectivity index is 0.000000459. The molecule has 0 bridgehead atoms. The quantitative estimate of drug-likeness (QED) is 0.591. The van der Waals surface area contributed by atoms with E-state index < -0.39 is 17.8 Å². The highest BCUT2D eigenvalue weighted by Gasteiger charge is 2.33. The van der Waals surface area contributed by atoms with Gasteiger partial charge in [0.25, 0.3) is 11.8 Å². The largest absolute Gasteiger partial charge is 0.335 e. The molecule has 2 amide bonds. The Morgan fingerprint density at radius 3 is 1.74 bits per heavy atom. The van der Waals surface area contributed by atoms with Crippen molar-refractivity contribution in [3.63, 3.8) is 0 Å². The lowest BCUT2D eigenvalue weighted by molar-refractivity contribution is -0.199. The minimum Gasteiger partial charge on any atom is -0.330 e. The minimum atomic E-state index is -0.566. The van der Waals surface area contributed by atoms with Gasteiger partial charge in [0.05, 0.1) is 5.92 Å². The van der Waals surface area contributed by atoms with E-state index >= 15 is 0 Å². The second-order valence-electron chi connectivity index (χ2n) is 5.20. The van der Waals surface area contributed by atoms with Gasteiger partial charge < -0.3 is 4.84 Å². The van der Waals surface area contributed by atoms with Gasteiger partial charge in [0.2, 0.25) is 0 Å². The van der Waals surface area contributed by atoms with Gasteiger partial charge in [-0.05, 0) is 19.0 Å². The maximum absolute atomic E-state index is 11.0. The van der Waals surface area contributed by atoms with Gasteiger partial charge >= 0.3 is 5.97 Å². The maximum atomic E-state index is 11.0. The molecule has 1 aliphatic heterocycles. The predicted octanol–water partition coefficient (Wildman–Crippen LogP) is 2.39. The van der Waals surface area contributed by atoms with Crippen molar-refractivity contribution in [2.24, 2.45) is 5.92 Å². The molecule has 0 unspecified atom stereocenters. The van der Waals surface area contributed by atoms with Crippen LogP contribution in [0.25, 0.3) is 0 Å². The molecule has 0 N–H and O–H groups in total. The average molecular weight is 289 g/mol. The second-order valence-corrected chi connectivity index (χ2v) is 8.16. The van der Waals surface area contributed by atoms with Crippen molar-refractivity contribution in [2.75, 3.05) is 13.3 Å². The van der Waals surface area contributed by atoms with Crippen molar-refractivity contribution < 1.29 is 19.2 Å². The summed E-state index contributed by atoms with van der Waals surface area (Å²) < 4.78 is 0. The van der Waals surface area contributed by atoms with Gasteiger partial charge in [-0.25, -0.2) is 4.79 Å². The lowest BCUT2D eigenvalue weighted by Gasteiger charge is -2.13. The van der Waals surface area contributed by atoms with E-state index in [1.807, 2.05) is 0 Å². The number of imide groups is 1. The van der Waals surface area contributed by atoms with Crippen molar-refractivity contribution in [1.29, 1.82) is 0 Å². The van der Waals surface area contributed by atoms with Gasteiger partial charge in [-0.3, -0.25) is 9.59 Å². The molecule has 0 atom stereocenters. The van der Waals surface area contributed by atoms with E-state index in [0.717, 1.165) is 5.66 Å². The van der Waals surface area contributed by atoms with Crippen molar-refractivity contribution >= 4 is 25.7 Å². The number of hydrogen-bond acceptors (Lipinski definition) is 4. The zero-order valence-corrected chi connectivity index (χ0v) is 13.5. The molecule has 0 aromatic rings. The summed E-state index contributed by atoms with van der Waals surface area (Å²) in [6, 6.07) is 0. The van der Waals surface area contributed by atoms with E-state index in [4.69, 9.17) is 0 Å². The molecule has 0 aromatic heterocycles. The molecule has 19 heavy (non-hydrogen) atoms. The zero-order valence-electron chi connectivity index (χ0n) is 12.6. The van der Waals surface area contributed by atoms with Crippen LogP contribution in [0.2, 0.25) is 0 Å². The first-order valence-corrected chi connectivity index (χ1v) is 8.71. The SMILES string of the molecule is CC(C)C(=O)ON1C(=O)CCC1=O.CC(C)P(C)C. The van der Waals surface area contributed by atoms with Crippen LogP contribution in [0.15, 0.2) is 0 Å². The summed E-state index contributed by atoms with van der Waals surface area (Å²) in [5, 5.41) is 0.558. The van der Waals surface area contributed by atoms with E-state index in [2.05, 4.69) is 32.0 Å². The Labute approximate surface area is 116 Å². The van der Waals surface area contributed by atoms with Crippen molar-refractivity contribution in [3.8, 4) is 0 Å². The van der Waals surface area contributed by atoms with Crippen LogP contribution in [0.5, 0.6) is 0 Å². The number of carbonyl (C=O) groups is 3. The number of rotatable bonds is 3. The van der Waals surface area contributed by atoms with Crippen LogP contribution in [-0.2, 0) is 19.2 Å². The first kappa shape index (κ1) is 18.0. The third-order valence-electron chi connectivity index (χ3n) is 2.69. The lowest BCUT2D eigenvalue weighted by atomic mass is 10.2. The molecule has 1 fully saturated rings. The van der Waals surface area contributed by atoms with E-state index in [9.17, 15) is 14.4 Å². The number of hydroxylamine groups is 2. The Morgan fingerprint density at radius 2 is 1.47 bits per heavy atom. The molecule has 0 radical (unpaired) electrons. The molecular weight excluding hydrogens is 265 g/mol. The fourth-order valence-electron chi connectivity index (χ4n) is 0.853. The van der Waals surface area contributed by atoms with Crippen LogP contribution in [0, 0.1) is 5.92 Å². The molecule has 0 spiro atoms. The summed E-state index contributed by atoms with van der Waals surface area (Å²) in [4.78, 5) is 37.6. The summed E-state index contributed by atoms with van der Waals surface area (Å²) in [5.74, 6) is -1.80. The highest BCUT2D eigenvalue weighted by molar-refractivity contribution is 7.56. The lowest BCUT2D eigenvalue weighted by Crippen LogP contribution is -2.33. The van der Waals surface area contributed by atoms with Gasteiger partial charge in [-0.2, -0.15) is 0 Å². The molecule has 0 aliphatic carbocycles. The van der Waals surface area contributed by atoms with E-state index in [1.165, 1.54) is 0 Å². The molecule has 0 saturated carbocycles. The van der Waals surface area contributed by atoms with Crippen molar-refractivity contribution in [2.45, 2.75) is 46.2 Å². The van der Waals surface area contributed by atoms with Gasteiger partial charge in [0.15, 0.2) is 0 Å². The zero-order chi connectivity index (χ0) is 15.2. The molecule has 1 rings (SSSR count). The van der Waals surface area contributed by atoms with Crippen LogP contribution < -0.4 is 0 Å². The van der Waals surface area contributed by atoms with Crippen LogP contribution in [0.3, 0.4) is 0 Å². The first-order chi connectivity index (χ1) is 8.66. The van der Waals surface area contributed by atoms with Gasteiger partial charge in [0, 0.05) is 12.8 Å². The van der Waals surface area contributed by atoms with Crippen LogP contribution in [0.4, 0.5) is 0 Å². The molecule has 0 aromatic carbocycles. The Morgan fingerprint density at radius 1 is 1.11 bits per heavy atom. The third-order valence-corrected chi connectivity index (χ3v) is 4.76. The Bertz CT molecular complexity index is 318. The third kappa shape index (κ3) is 6.67. The monoisotopic (exact) mass is 289 g/mol. The average Bonchev–Trinajstić information content (AvgIpc) is 2.61. The summed E-state index contributed by atoms with van der Waals surface area (Å²) in [7, 11) is 0.341. The maximum Gasteiger partial charge on any atom is 0.335 e. The van der Waals surface area contributed by atoms with E-state index in [1.54, 1.807) is 13.8 Å². The van der Waals surface area contributed by atoms with E-state index in [0.29, 0.717) is 13.0 Å². The highest BCUT2D eigenvalue weighted by atomic mass is 31.1. The van der Waals surface area contributed by atoms with Gasteiger partial charge in [0.1, 0.15) is 0 Å². The topological polar surface area (TPSA) is 63.7 Å². The number of carbonyl (C=O) groups excluding carboxylic acids is 3. The molecular formula is C13H24NO4P. The summed E-state index contributed by atoms with van der Waals surface area (Å²) in [6.45, 7) is 12.4. The van der Waals surface area contributed by atoms with Crippen molar-refractivity contribution in [1.82, 2.24) is 5.06 Å². The minimum absolute atomic E-state index is 0.129. The first-order valence-electron chi connectivity index (χ1n) is 6.40. The molecule has 1 saturated heterocycles. The fraction of sp³-hybridized carbons (Fsp3) is 0.769. The molecule has 1 aliphatic rings. The Hall–Kier alpha value is -0.960. The smallest absolute Gasteiger partial charge is 0.330 e. The highest BCUT2D eigenvalue weighted by Crippen LogP contribution is 2.30. The van der Waals surface area contributed by atoms with E-state index in [-0.39, 0.29) is 18.8 Å². The summed E-state index contributed by atoms with van der Waals surface area (Å²) in [6.07, 6.45) is 0.258. The van der Waals surface area contributed by atoms with Gasteiger partial charge in [-0.1, -0.05) is 27.7 Å². The number of nitrogens with zero attached hydrogens (tertiary/aromatic N) is 1. The molecule has 110 valence electrons.